The van der Waals surface area contributed by atoms with Crippen molar-refractivity contribution in [2.45, 2.75) is 91.1 Å². The molecule has 2 nitrogen and oxygen atoms in total. The Morgan fingerprint density at radius 3 is 2.45 bits per heavy atom. The Hall–Kier alpha value is -0.0800. The quantitative estimate of drug-likeness (QED) is 0.629. The second-order valence-corrected chi connectivity index (χ2v) is 6.72. The van der Waals surface area contributed by atoms with E-state index >= 15 is 0 Å². The van der Waals surface area contributed by atoms with Crippen molar-refractivity contribution in [3.05, 3.63) is 0 Å². The normalized spacial score (nSPS) is 25.6. The summed E-state index contributed by atoms with van der Waals surface area (Å²) in [7, 11) is 0. The van der Waals surface area contributed by atoms with E-state index in [-0.39, 0.29) is 0 Å². The molecule has 2 heteroatoms. The molecule has 0 bridgehead atoms. The van der Waals surface area contributed by atoms with Gasteiger partial charge in [-0.25, -0.2) is 0 Å². The first-order chi connectivity index (χ1) is 9.69. The molecule has 1 aliphatic carbocycles. The van der Waals surface area contributed by atoms with E-state index in [1.807, 2.05) is 0 Å². The number of rotatable bonds is 9. The van der Waals surface area contributed by atoms with Crippen molar-refractivity contribution in [2.75, 3.05) is 19.6 Å². The smallest absolute Gasteiger partial charge is 0.00696 e. The SMILES string of the molecule is CCC1CCCC(NC(C)CCCN(CC)CC)CC1. The van der Waals surface area contributed by atoms with E-state index in [1.165, 1.54) is 71.0 Å². The first-order valence-electron chi connectivity index (χ1n) is 9.17. The zero-order chi connectivity index (χ0) is 14.8. The molecule has 0 aromatic carbocycles. The average molecular weight is 283 g/mol. The first kappa shape index (κ1) is 18.0. The van der Waals surface area contributed by atoms with Gasteiger partial charge in [0, 0.05) is 12.1 Å². The molecule has 1 aliphatic rings. The van der Waals surface area contributed by atoms with Crippen molar-refractivity contribution in [3.63, 3.8) is 0 Å². The Labute approximate surface area is 127 Å². The zero-order valence-electron chi connectivity index (χ0n) is 14.5. The van der Waals surface area contributed by atoms with Gasteiger partial charge in [-0.05, 0) is 64.6 Å². The average Bonchev–Trinajstić information content (AvgIpc) is 2.68. The van der Waals surface area contributed by atoms with Crippen LogP contribution in [-0.4, -0.2) is 36.6 Å². The minimum absolute atomic E-state index is 0.689. The molecule has 3 atom stereocenters. The van der Waals surface area contributed by atoms with Gasteiger partial charge in [0.05, 0.1) is 0 Å². The minimum Gasteiger partial charge on any atom is -0.312 e. The second kappa shape index (κ2) is 10.6. The van der Waals surface area contributed by atoms with Crippen molar-refractivity contribution in [1.82, 2.24) is 10.2 Å². The van der Waals surface area contributed by atoms with E-state index in [0.29, 0.717) is 6.04 Å². The molecule has 0 heterocycles. The van der Waals surface area contributed by atoms with Gasteiger partial charge >= 0.3 is 0 Å². The third-order valence-corrected chi connectivity index (χ3v) is 5.19. The maximum atomic E-state index is 3.89. The third-order valence-electron chi connectivity index (χ3n) is 5.19. The molecule has 1 saturated carbocycles. The highest BCUT2D eigenvalue weighted by atomic mass is 15.1. The molecule has 20 heavy (non-hydrogen) atoms. The lowest BCUT2D eigenvalue weighted by Crippen LogP contribution is -2.36. The van der Waals surface area contributed by atoms with Gasteiger partial charge in [0.2, 0.25) is 0 Å². The van der Waals surface area contributed by atoms with Crippen LogP contribution < -0.4 is 5.32 Å². The monoisotopic (exact) mass is 282 g/mol. The highest BCUT2D eigenvalue weighted by Crippen LogP contribution is 2.25. The van der Waals surface area contributed by atoms with E-state index < -0.39 is 0 Å². The summed E-state index contributed by atoms with van der Waals surface area (Å²) in [6.07, 6.45) is 11.2. The highest BCUT2D eigenvalue weighted by molar-refractivity contribution is 4.77. The summed E-state index contributed by atoms with van der Waals surface area (Å²) < 4.78 is 0. The Bertz CT molecular complexity index is 225. The summed E-state index contributed by atoms with van der Waals surface area (Å²) in [5, 5.41) is 3.89. The summed E-state index contributed by atoms with van der Waals surface area (Å²) in [5.74, 6) is 1.000. The molecule has 1 rings (SSSR count). The van der Waals surface area contributed by atoms with Crippen molar-refractivity contribution in [2.24, 2.45) is 5.92 Å². The number of nitrogens with one attached hydrogen (secondary N) is 1. The highest BCUT2D eigenvalue weighted by Gasteiger charge is 2.18. The predicted octanol–water partition coefficient (Wildman–Crippen LogP) is 4.45. The second-order valence-electron chi connectivity index (χ2n) is 6.72. The summed E-state index contributed by atoms with van der Waals surface area (Å²) in [5.41, 5.74) is 0. The summed E-state index contributed by atoms with van der Waals surface area (Å²) in [6.45, 7) is 12.9. The number of hydrogen-bond acceptors (Lipinski definition) is 2. The maximum absolute atomic E-state index is 3.89. The van der Waals surface area contributed by atoms with Crippen LogP contribution in [0.1, 0.15) is 79.1 Å². The maximum Gasteiger partial charge on any atom is 0.00696 e. The fraction of sp³-hybridized carbons (Fsp3) is 1.00. The molecule has 0 aliphatic heterocycles. The summed E-state index contributed by atoms with van der Waals surface area (Å²) in [6, 6.07) is 1.48. The molecular weight excluding hydrogens is 244 g/mol. The van der Waals surface area contributed by atoms with Gasteiger partial charge in [0.25, 0.3) is 0 Å². The van der Waals surface area contributed by atoms with Gasteiger partial charge in [-0.15, -0.1) is 0 Å². The molecule has 0 amide bonds. The summed E-state index contributed by atoms with van der Waals surface area (Å²) in [4.78, 5) is 2.53. The zero-order valence-corrected chi connectivity index (χ0v) is 14.5. The molecule has 0 aromatic rings. The Morgan fingerprint density at radius 1 is 1.05 bits per heavy atom. The molecule has 0 saturated heterocycles. The van der Waals surface area contributed by atoms with Crippen LogP contribution in [0.2, 0.25) is 0 Å². The van der Waals surface area contributed by atoms with Crippen LogP contribution in [0, 0.1) is 5.92 Å². The van der Waals surface area contributed by atoms with Crippen LogP contribution in [0.5, 0.6) is 0 Å². The standard InChI is InChI=1S/C18H38N2/c1-5-17-11-8-12-18(14-13-17)19-16(4)10-9-15-20(6-2)7-3/h16-19H,5-15H2,1-4H3. The first-order valence-corrected chi connectivity index (χ1v) is 9.17. The lowest BCUT2D eigenvalue weighted by atomic mass is 9.97. The fourth-order valence-electron chi connectivity index (χ4n) is 3.60. The van der Waals surface area contributed by atoms with Crippen molar-refractivity contribution in [1.29, 1.82) is 0 Å². The van der Waals surface area contributed by atoms with Crippen LogP contribution in [-0.2, 0) is 0 Å². The van der Waals surface area contributed by atoms with Crippen LogP contribution in [0.25, 0.3) is 0 Å². The van der Waals surface area contributed by atoms with Gasteiger partial charge in [0.15, 0.2) is 0 Å². The van der Waals surface area contributed by atoms with Crippen LogP contribution in [0.3, 0.4) is 0 Å². The minimum atomic E-state index is 0.689. The number of hydrogen-bond donors (Lipinski definition) is 1. The topological polar surface area (TPSA) is 15.3 Å². The van der Waals surface area contributed by atoms with Gasteiger partial charge in [-0.2, -0.15) is 0 Å². The molecular formula is C18H38N2. The van der Waals surface area contributed by atoms with E-state index in [9.17, 15) is 0 Å². The van der Waals surface area contributed by atoms with E-state index in [0.717, 1.165) is 12.0 Å². The Balaban J connectivity index is 2.16. The van der Waals surface area contributed by atoms with Crippen LogP contribution >= 0.6 is 0 Å². The van der Waals surface area contributed by atoms with Crippen molar-refractivity contribution < 1.29 is 0 Å². The van der Waals surface area contributed by atoms with Gasteiger partial charge in [-0.3, -0.25) is 0 Å². The molecule has 0 aromatic heterocycles. The largest absolute Gasteiger partial charge is 0.312 e. The van der Waals surface area contributed by atoms with Crippen LogP contribution in [0.4, 0.5) is 0 Å². The van der Waals surface area contributed by atoms with E-state index in [1.54, 1.807) is 0 Å². The molecule has 0 radical (unpaired) electrons. The van der Waals surface area contributed by atoms with Crippen molar-refractivity contribution in [3.8, 4) is 0 Å². The molecule has 1 fully saturated rings. The van der Waals surface area contributed by atoms with Crippen LogP contribution in [0.15, 0.2) is 0 Å². The molecule has 1 N–H and O–H groups in total. The molecule has 120 valence electrons. The van der Waals surface area contributed by atoms with Gasteiger partial charge in [0.1, 0.15) is 0 Å². The van der Waals surface area contributed by atoms with E-state index in [4.69, 9.17) is 0 Å². The number of nitrogens with zero attached hydrogens (tertiary/aromatic N) is 1. The molecule has 3 unspecified atom stereocenters. The van der Waals surface area contributed by atoms with E-state index in [2.05, 4.69) is 37.9 Å². The Morgan fingerprint density at radius 2 is 1.80 bits per heavy atom. The van der Waals surface area contributed by atoms with Gasteiger partial charge in [-0.1, -0.05) is 40.0 Å². The fourth-order valence-corrected chi connectivity index (χ4v) is 3.60. The lowest BCUT2D eigenvalue weighted by Gasteiger charge is -2.24. The summed E-state index contributed by atoms with van der Waals surface area (Å²) >= 11 is 0. The lowest BCUT2D eigenvalue weighted by molar-refractivity contribution is 0.286. The van der Waals surface area contributed by atoms with Gasteiger partial charge < -0.3 is 10.2 Å². The Kier molecular flexibility index (Phi) is 9.54. The third kappa shape index (κ3) is 7.08. The molecule has 0 spiro atoms. The van der Waals surface area contributed by atoms with Crippen molar-refractivity contribution >= 4 is 0 Å². The predicted molar refractivity (Wildman–Crippen MR) is 90.3 cm³/mol.